The predicted molar refractivity (Wildman–Crippen MR) is 61.5 cm³/mol. The Morgan fingerprint density at radius 3 is 2.75 bits per heavy atom. The summed E-state index contributed by atoms with van der Waals surface area (Å²) in [4.78, 5) is 11.7. The van der Waals surface area contributed by atoms with Crippen molar-refractivity contribution in [3.8, 4) is 0 Å². The third-order valence-electron chi connectivity index (χ3n) is 2.51. The van der Waals surface area contributed by atoms with E-state index in [2.05, 4.69) is 0 Å². The Hall–Kier alpha value is -1.77. The maximum Gasteiger partial charge on any atom is 0.374 e. The smallest absolute Gasteiger partial charge is 0.374 e. The molecule has 0 N–H and O–H groups in total. The summed E-state index contributed by atoms with van der Waals surface area (Å²) in [6.07, 6.45) is 0.755. The summed E-state index contributed by atoms with van der Waals surface area (Å²) in [6.45, 7) is 4.14. The van der Waals surface area contributed by atoms with Gasteiger partial charge in [-0.25, -0.2) is 4.79 Å². The molecule has 0 spiro atoms. The Morgan fingerprint density at radius 2 is 2.06 bits per heavy atom. The standard InChI is InChI=1S/C13H14O3/c1-3-9-10-7-5-6-8-11(10)16-12(9)13(14)15-4-2/h5-8H,3-4H2,1-2H3. The number of esters is 1. The van der Waals surface area contributed by atoms with Gasteiger partial charge in [-0.2, -0.15) is 0 Å². The van der Waals surface area contributed by atoms with Crippen LogP contribution in [0.2, 0.25) is 0 Å². The highest BCUT2D eigenvalue weighted by molar-refractivity contribution is 5.96. The van der Waals surface area contributed by atoms with Gasteiger partial charge in [-0.05, 0) is 19.4 Å². The van der Waals surface area contributed by atoms with Crippen molar-refractivity contribution in [3.63, 3.8) is 0 Å². The molecule has 3 heteroatoms. The SMILES string of the molecule is CCOC(=O)c1oc2ccccc2c1CC. The van der Waals surface area contributed by atoms with Crippen molar-refractivity contribution < 1.29 is 13.9 Å². The van der Waals surface area contributed by atoms with Gasteiger partial charge in [0.1, 0.15) is 5.58 Å². The van der Waals surface area contributed by atoms with Crippen LogP contribution in [0.5, 0.6) is 0 Å². The van der Waals surface area contributed by atoms with E-state index in [4.69, 9.17) is 9.15 Å². The summed E-state index contributed by atoms with van der Waals surface area (Å²) in [5.41, 5.74) is 1.66. The van der Waals surface area contributed by atoms with Crippen LogP contribution in [0.1, 0.15) is 30.0 Å². The molecule has 0 aliphatic heterocycles. The topological polar surface area (TPSA) is 39.4 Å². The molecule has 1 aromatic heterocycles. The Morgan fingerprint density at radius 1 is 1.31 bits per heavy atom. The van der Waals surface area contributed by atoms with Gasteiger partial charge in [0.25, 0.3) is 0 Å². The van der Waals surface area contributed by atoms with Gasteiger partial charge in [-0.15, -0.1) is 0 Å². The van der Waals surface area contributed by atoms with Crippen LogP contribution in [0.25, 0.3) is 11.0 Å². The van der Waals surface area contributed by atoms with Gasteiger partial charge in [0.05, 0.1) is 6.61 Å². The van der Waals surface area contributed by atoms with Crippen molar-refractivity contribution in [3.05, 3.63) is 35.6 Å². The van der Waals surface area contributed by atoms with Crippen LogP contribution in [0.3, 0.4) is 0 Å². The highest BCUT2D eigenvalue weighted by atomic mass is 16.5. The molecule has 16 heavy (non-hydrogen) atoms. The second-order valence-electron chi connectivity index (χ2n) is 3.48. The maximum absolute atomic E-state index is 11.7. The van der Waals surface area contributed by atoms with Crippen LogP contribution in [0.15, 0.2) is 28.7 Å². The summed E-state index contributed by atoms with van der Waals surface area (Å²) >= 11 is 0. The first-order valence-corrected chi connectivity index (χ1v) is 5.45. The van der Waals surface area contributed by atoms with E-state index in [1.54, 1.807) is 6.92 Å². The van der Waals surface area contributed by atoms with Crippen molar-refractivity contribution in [1.29, 1.82) is 0 Å². The monoisotopic (exact) mass is 218 g/mol. The van der Waals surface area contributed by atoms with E-state index in [0.717, 1.165) is 23.0 Å². The van der Waals surface area contributed by atoms with Crippen LogP contribution in [-0.2, 0) is 11.2 Å². The molecule has 0 saturated heterocycles. The van der Waals surface area contributed by atoms with E-state index in [-0.39, 0.29) is 5.97 Å². The third-order valence-corrected chi connectivity index (χ3v) is 2.51. The molecule has 1 aromatic carbocycles. The van der Waals surface area contributed by atoms with E-state index in [0.29, 0.717) is 12.4 Å². The molecule has 0 aliphatic rings. The van der Waals surface area contributed by atoms with Gasteiger partial charge < -0.3 is 9.15 Å². The number of hydrogen-bond donors (Lipinski definition) is 0. The number of furan rings is 1. The van der Waals surface area contributed by atoms with Crippen molar-refractivity contribution >= 4 is 16.9 Å². The zero-order chi connectivity index (χ0) is 11.5. The quantitative estimate of drug-likeness (QED) is 0.743. The summed E-state index contributed by atoms with van der Waals surface area (Å²) in [5, 5.41) is 0.994. The Kier molecular flexibility index (Phi) is 2.95. The minimum atomic E-state index is -0.379. The number of para-hydroxylation sites is 1. The van der Waals surface area contributed by atoms with Crippen LogP contribution < -0.4 is 0 Å². The summed E-state index contributed by atoms with van der Waals surface area (Å²) in [5.74, 6) is -0.0406. The molecule has 0 atom stereocenters. The molecular weight excluding hydrogens is 204 g/mol. The number of fused-ring (bicyclic) bond motifs is 1. The molecular formula is C13H14O3. The zero-order valence-corrected chi connectivity index (χ0v) is 9.45. The molecule has 1 heterocycles. The fourth-order valence-electron chi connectivity index (χ4n) is 1.81. The molecule has 0 saturated carbocycles. The number of carbonyl (C=O) groups excluding carboxylic acids is 1. The molecule has 0 bridgehead atoms. The maximum atomic E-state index is 11.7. The molecule has 2 aromatic rings. The number of benzene rings is 1. The minimum Gasteiger partial charge on any atom is -0.460 e. The van der Waals surface area contributed by atoms with Crippen molar-refractivity contribution in [2.45, 2.75) is 20.3 Å². The highest BCUT2D eigenvalue weighted by Crippen LogP contribution is 2.26. The zero-order valence-electron chi connectivity index (χ0n) is 9.45. The van der Waals surface area contributed by atoms with Gasteiger partial charge in [0, 0.05) is 10.9 Å². The van der Waals surface area contributed by atoms with E-state index in [1.165, 1.54) is 0 Å². The number of carbonyl (C=O) groups is 1. The predicted octanol–water partition coefficient (Wildman–Crippen LogP) is 3.17. The van der Waals surface area contributed by atoms with Crippen molar-refractivity contribution in [2.75, 3.05) is 6.61 Å². The molecule has 2 rings (SSSR count). The van der Waals surface area contributed by atoms with Crippen molar-refractivity contribution in [1.82, 2.24) is 0 Å². The second kappa shape index (κ2) is 4.39. The Labute approximate surface area is 94.0 Å². The van der Waals surface area contributed by atoms with E-state index >= 15 is 0 Å². The lowest BCUT2D eigenvalue weighted by molar-refractivity contribution is 0.0491. The minimum absolute atomic E-state index is 0.338. The lowest BCUT2D eigenvalue weighted by Gasteiger charge is -1.99. The number of ether oxygens (including phenoxy) is 1. The van der Waals surface area contributed by atoms with Gasteiger partial charge in [-0.3, -0.25) is 0 Å². The fraction of sp³-hybridized carbons (Fsp3) is 0.308. The first-order chi connectivity index (χ1) is 7.77. The summed E-state index contributed by atoms with van der Waals surface area (Å²) < 4.78 is 10.5. The number of hydrogen-bond acceptors (Lipinski definition) is 3. The molecule has 84 valence electrons. The normalized spacial score (nSPS) is 10.6. The average molecular weight is 218 g/mol. The summed E-state index contributed by atoms with van der Waals surface area (Å²) in [6, 6.07) is 7.64. The van der Waals surface area contributed by atoms with Gasteiger partial charge in [0.15, 0.2) is 0 Å². The first-order valence-electron chi connectivity index (χ1n) is 5.45. The van der Waals surface area contributed by atoms with Crippen molar-refractivity contribution in [2.24, 2.45) is 0 Å². The van der Waals surface area contributed by atoms with E-state index in [1.807, 2.05) is 31.2 Å². The highest BCUT2D eigenvalue weighted by Gasteiger charge is 2.19. The Balaban J connectivity index is 2.56. The largest absolute Gasteiger partial charge is 0.460 e. The average Bonchev–Trinajstić information content (AvgIpc) is 2.67. The molecule has 0 amide bonds. The van der Waals surface area contributed by atoms with Crippen LogP contribution in [0.4, 0.5) is 0 Å². The van der Waals surface area contributed by atoms with Gasteiger partial charge >= 0.3 is 5.97 Å². The molecule has 0 fully saturated rings. The number of aryl methyl sites for hydroxylation is 1. The fourth-order valence-corrected chi connectivity index (χ4v) is 1.81. The first kappa shape index (κ1) is 10.7. The molecule has 0 aliphatic carbocycles. The van der Waals surface area contributed by atoms with Crippen LogP contribution in [0, 0.1) is 0 Å². The number of rotatable bonds is 3. The molecule has 0 radical (unpaired) electrons. The third kappa shape index (κ3) is 1.69. The molecule has 3 nitrogen and oxygen atoms in total. The van der Waals surface area contributed by atoms with Gasteiger partial charge in [0.2, 0.25) is 5.76 Å². The van der Waals surface area contributed by atoms with E-state index < -0.39 is 0 Å². The van der Waals surface area contributed by atoms with Crippen LogP contribution >= 0.6 is 0 Å². The second-order valence-corrected chi connectivity index (χ2v) is 3.48. The lowest BCUT2D eigenvalue weighted by atomic mass is 10.1. The summed E-state index contributed by atoms with van der Waals surface area (Å²) in [7, 11) is 0. The Bertz CT molecular complexity index is 511. The molecule has 0 unspecified atom stereocenters. The van der Waals surface area contributed by atoms with Gasteiger partial charge in [-0.1, -0.05) is 25.1 Å². The van der Waals surface area contributed by atoms with E-state index in [9.17, 15) is 4.79 Å². The lowest BCUT2D eigenvalue weighted by Crippen LogP contribution is -2.05. The van der Waals surface area contributed by atoms with Crippen LogP contribution in [-0.4, -0.2) is 12.6 Å².